The monoisotopic (exact) mass is 213 g/mol. The summed E-state index contributed by atoms with van der Waals surface area (Å²) in [5.41, 5.74) is -0.587. The SMILES string of the molecule is CC(C)(C)C(=O)c1nc(C(=O)O)cs1. The lowest BCUT2D eigenvalue weighted by Crippen LogP contribution is -2.20. The highest BCUT2D eigenvalue weighted by atomic mass is 32.1. The number of nitrogens with zero attached hydrogens (tertiary/aromatic N) is 1. The van der Waals surface area contributed by atoms with E-state index in [0.29, 0.717) is 0 Å². The molecular formula is C9H11NO3S. The fourth-order valence-electron chi connectivity index (χ4n) is 0.797. The second-order valence-electron chi connectivity index (χ2n) is 3.92. The van der Waals surface area contributed by atoms with E-state index < -0.39 is 11.4 Å². The van der Waals surface area contributed by atoms with Crippen LogP contribution in [0.15, 0.2) is 5.38 Å². The van der Waals surface area contributed by atoms with Crippen molar-refractivity contribution in [2.45, 2.75) is 20.8 Å². The van der Waals surface area contributed by atoms with E-state index >= 15 is 0 Å². The first kappa shape index (κ1) is 10.8. The van der Waals surface area contributed by atoms with Crippen LogP contribution >= 0.6 is 11.3 Å². The molecule has 0 radical (unpaired) electrons. The van der Waals surface area contributed by atoms with Crippen molar-refractivity contribution in [2.24, 2.45) is 5.41 Å². The Bertz CT molecular complexity index is 376. The fraction of sp³-hybridized carbons (Fsp3) is 0.444. The van der Waals surface area contributed by atoms with E-state index in [9.17, 15) is 9.59 Å². The van der Waals surface area contributed by atoms with E-state index in [1.165, 1.54) is 5.38 Å². The lowest BCUT2D eigenvalue weighted by atomic mass is 9.91. The molecule has 0 fully saturated rings. The Hall–Kier alpha value is -1.23. The van der Waals surface area contributed by atoms with Crippen LogP contribution in [0.25, 0.3) is 0 Å². The maximum Gasteiger partial charge on any atom is 0.355 e. The van der Waals surface area contributed by atoms with Gasteiger partial charge in [0.25, 0.3) is 0 Å². The minimum absolute atomic E-state index is 0.0670. The lowest BCUT2D eigenvalue weighted by Gasteiger charge is -2.13. The van der Waals surface area contributed by atoms with Crippen molar-refractivity contribution in [3.8, 4) is 0 Å². The molecule has 5 heteroatoms. The molecule has 0 amide bonds. The Kier molecular flexibility index (Phi) is 2.71. The van der Waals surface area contributed by atoms with Gasteiger partial charge in [0.2, 0.25) is 0 Å². The minimum atomic E-state index is -1.10. The van der Waals surface area contributed by atoms with Gasteiger partial charge in [-0.25, -0.2) is 9.78 Å². The standard InChI is InChI=1S/C9H11NO3S/c1-9(2,3)6(11)7-10-5(4-14-7)8(12)13/h4H,1-3H3,(H,12,13). The summed E-state index contributed by atoms with van der Waals surface area (Å²) in [6.07, 6.45) is 0. The molecule has 1 heterocycles. The Morgan fingerprint density at radius 1 is 1.43 bits per heavy atom. The number of hydrogen-bond donors (Lipinski definition) is 1. The van der Waals surface area contributed by atoms with Crippen molar-refractivity contribution in [3.63, 3.8) is 0 Å². The van der Waals surface area contributed by atoms with Crippen molar-refractivity contribution in [3.05, 3.63) is 16.1 Å². The number of carboxylic acid groups (broad SMARTS) is 1. The molecule has 0 unspecified atom stereocenters. The summed E-state index contributed by atoms with van der Waals surface area (Å²) >= 11 is 1.07. The van der Waals surface area contributed by atoms with Crippen LogP contribution in [0.3, 0.4) is 0 Å². The number of aromatic nitrogens is 1. The van der Waals surface area contributed by atoms with Gasteiger partial charge in [-0.05, 0) is 0 Å². The molecule has 0 saturated carbocycles. The first-order chi connectivity index (χ1) is 6.32. The van der Waals surface area contributed by atoms with Crippen molar-refractivity contribution in [1.82, 2.24) is 4.98 Å². The molecule has 4 nitrogen and oxygen atoms in total. The van der Waals surface area contributed by atoms with Gasteiger partial charge in [-0.15, -0.1) is 11.3 Å². The third-order valence-corrected chi connectivity index (χ3v) is 2.44. The van der Waals surface area contributed by atoms with Gasteiger partial charge in [-0.2, -0.15) is 0 Å². The Morgan fingerprint density at radius 2 is 2.00 bits per heavy atom. The normalized spacial score (nSPS) is 11.4. The molecule has 0 saturated heterocycles. The third-order valence-electron chi connectivity index (χ3n) is 1.60. The second-order valence-corrected chi connectivity index (χ2v) is 4.78. The Labute approximate surface area is 85.6 Å². The first-order valence-electron chi connectivity index (χ1n) is 4.06. The van der Waals surface area contributed by atoms with Gasteiger partial charge < -0.3 is 5.11 Å². The molecule has 0 bridgehead atoms. The van der Waals surface area contributed by atoms with Gasteiger partial charge in [0, 0.05) is 10.8 Å². The van der Waals surface area contributed by atoms with E-state index in [1.54, 1.807) is 20.8 Å². The van der Waals surface area contributed by atoms with Crippen molar-refractivity contribution in [2.75, 3.05) is 0 Å². The van der Waals surface area contributed by atoms with Crippen LogP contribution in [0.1, 0.15) is 41.1 Å². The Balaban J connectivity index is 2.99. The van der Waals surface area contributed by atoms with E-state index in [4.69, 9.17) is 5.11 Å². The van der Waals surface area contributed by atoms with Crippen LogP contribution in [0, 0.1) is 5.41 Å². The fourth-order valence-corrected chi connectivity index (χ4v) is 1.74. The van der Waals surface area contributed by atoms with E-state index in [1.807, 2.05) is 0 Å². The van der Waals surface area contributed by atoms with E-state index in [0.717, 1.165) is 11.3 Å². The molecule has 0 aliphatic heterocycles. The van der Waals surface area contributed by atoms with Crippen LogP contribution in [0.2, 0.25) is 0 Å². The molecule has 1 aromatic heterocycles. The molecule has 0 aliphatic rings. The van der Waals surface area contributed by atoms with Crippen LogP contribution in [0.5, 0.6) is 0 Å². The smallest absolute Gasteiger partial charge is 0.355 e. The molecule has 0 spiro atoms. The number of carbonyl (C=O) groups is 2. The maximum absolute atomic E-state index is 11.7. The third kappa shape index (κ3) is 2.17. The van der Waals surface area contributed by atoms with Gasteiger partial charge in [-0.1, -0.05) is 20.8 Å². The molecule has 14 heavy (non-hydrogen) atoms. The summed E-state index contributed by atoms with van der Waals surface area (Å²) in [5.74, 6) is -1.23. The van der Waals surface area contributed by atoms with Crippen LogP contribution in [-0.4, -0.2) is 21.8 Å². The van der Waals surface area contributed by atoms with Gasteiger partial charge in [-0.3, -0.25) is 4.79 Å². The zero-order valence-electron chi connectivity index (χ0n) is 8.20. The zero-order valence-corrected chi connectivity index (χ0v) is 9.01. The quantitative estimate of drug-likeness (QED) is 0.763. The van der Waals surface area contributed by atoms with E-state index in [-0.39, 0.29) is 16.5 Å². The molecule has 1 aromatic rings. The molecule has 1 N–H and O–H groups in total. The highest BCUT2D eigenvalue weighted by Crippen LogP contribution is 2.22. The summed E-state index contributed by atoms with van der Waals surface area (Å²) in [6.45, 7) is 5.32. The number of rotatable bonds is 2. The number of aromatic carboxylic acids is 1. The predicted octanol–water partition coefficient (Wildman–Crippen LogP) is 2.07. The number of carboxylic acids is 1. The largest absolute Gasteiger partial charge is 0.476 e. The Morgan fingerprint density at radius 3 is 2.36 bits per heavy atom. The van der Waals surface area contributed by atoms with Crippen molar-refractivity contribution in [1.29, 1.82) is 0 Å². The van der Waals surface area contributed by atoms with Gasteiger partial charge in [0.1, 0.15) is 0 Å². The zero-order chi connectivity index (χ0) is 10.9. The summed E-state index contributed by atoms with van der Waals surface area (Å²) < 4.78 is 0. The summed E-state index contributed by atoms with van der Waals surface area (Å²) in [7, 11) is 0. The first-order valence-corrected chi connectivity index (χ1v) is 4.94. The number of Topliss-reactive ketones (excluding diaryl/α,β-unsaturated/α-hetero) is 1. The molecule has 0 aliphatic carbocycles. The predicted molar refractivity (Wildman–Crippen MR) is 52.9 cm³/mol. The summed E-state index contributed by atoms with van der Waals surface area (Å²) in [4.78, 5) is 25.9. The maximum atomic E-state index is 11.7. The number of carbonyl (C=O) groups excluding carboxylic acids is 1. The average Bonchev–Trinajstić information content (AvgIpc) is 2.48. The number of ketones is 1. The van der Waals surface area contributed by atoms with Gasteiger partial charge in [0.05, 0.1) is 0 Å². The lowest BCUT2D eigenvalue weighted by molar-refractivity contribution is 0.0691. The number of thiazole rings is 1. The summed E-state index contributed by atoms with van der Waals surface area (Å²) in [5, 5.41) is 10.3. The van der Waals surface area contributed by atoms with Crippen LogP contribution in [-0.2, 0) is 0 Å². The average molecular weight is 213 g/mol. The molecule has 0 aromatic carbocycles. The second kappa shape index (κ2) is 3.49. The van der Waals surface area contributed by atoms with Crippen LogP contribution < -0.4 is 0 Å². The molecular weight excluding hydrogens is 202 g/mol. The molecule has 76 valence electrons. The highest BCUT2D eigenvalue weighted by Gasteiger charge is 2.26. The molecule has 0 atom stereocenters. The van der Waals surface area contributed by atoms with Crippen LogP contribution in [0.4, 0.5) is 0 Å². The molecule has 1 rings (SSSR count). The minimum Gasteiger partial charge on any atom is -0.476 e. The van der Waals surface area contributed by atoms with Crippen molar-refractivity contribution < 1.29 is 14.7 Å². The summed E-state index contributed by atoms with van der Waals surface area (Å²) in [6, 6.07) is 0. The number of hydrogen-bond acceptors (Lipinski definition) is 4. The topological polar surface area (TPSA) is 67.3 Å². The van der Waals surface area contributed by atoms with E-state index in [2.05, 4.69) is 4.98 Å². The van der Waals surface area contributed by atoms with Gasteiger partial charge in [0.15, 0.2) is 16.5 Å². The van der Waals surface area contributed by atoms with Crippen molar-refractivity contribution >= 4 is 23.1 Å². The van der Waals surface area contributed by atoms with Gasteiger partial charge >= 0.3 is 5.97 Å². The highest BCUT2D eigenvalue weighted by molar-refractivity contribution is 7.12.